The fourth-order valence-electron chi connectivity index (χ4n) is 2.24. The number of hydrogen-bond acceptors (Lipinski definition) is 3. The highest BCUT2D eigenvalue weighted by Crippen LogP contribution is 2.29. The predicted molar refractivity (Wildman–Crippen MR) is 94.6 cm³/mol. The molecule has 0 radical (unpaired) electrons. The smallest absolute Gasteiger partial charge is 0.160 e. The lowest BCUT2D eigenvalue weighted by Gasteiger charge is -2.12. The molecule has 106 valence electrons. The van der Waals surface area contributed by atoms with Crippen molar-refractivity contribution in [2.24, 2.45) is 0 Å². The van der Waals surface area contributed by atoms with Gasteiger partial charge in [-0.15, -0.1) is 0 Å². The van der Waals surface area contributed by atoms with E-state index >= 15 is 0 Å². The lowest BCUT2D eigenvalue weighted by Crippen LogP contribution is -2.01. The summed E-state index contributed by atoms with van der Waals surface area (Å²) in [4.78, 5) is 13.5. The topological polar surface area (TPSA) is 38.7 Å². The van der Waals surface area contributed by atoms with Gasteiger partial charge in [-0.1, -0.05) is 37.6 Å². The fraction of sp³-hybridized carbons (Fsp3) is 0.188. The monoisotopic (exact) mass is 409 g/mol. The minimum atomic E-state index is 0.288. The Morgan fingerprint density at radius 3 is 2.67 bits per heavy atom. The van der Waals surface area contributed by atoms with Gasteiger partial charge in [-0.2, -0.15) is 0 Å². The number of benzene rings is 1. The quantitative estimate of drug-likeness (QED) is 0.438. The van der Waals surface area contributed by atoms with Crippen LogP contribution in [0.25, 0.3) is 22.3 Å². The molecule has 0 unspecified atom stereocenters. The van der Waals surface area contributed by atoms with E-state index in [-0.39, 0.29) is 5.92 Å². The largest absolute Gasteiger partial charge is 0.242 e. The highest BCUT2D eigenvalue weighted by Gasteiger charge is 2.14. The molecule has 0 aliphatic heterocycles. The van der Waals surface area contributed by atoms with Gasteiger partial charge < -0.3 is 0 Å². The van der Waals surface area contributed by atoms with Gasteiger partial charge in [0.1, 0.15) is 5.52 Å². The van der Waals surface area contributed by atoms with Crippen molar-refractivity contribution in [3.63, 3.8) is 0 Å². The Hall–Kier alpha value is -1.27. The Balaban J connectivity index is 2.32. The molecule has 1 aromatic carbocycles. The second-order valence-electron chi connectivity index (χ2n) is 5.10. The first-order valence-corrected chi connectivity index (χ1v) is 8.10. The normalized spacial score (nSPS) is 11.3. The Morgan fingerprint density at radius 1 is 1.14 bits per heavy atom. The third-order valence-corrected chi connectivity index (χ3v) is 4.18. The van der Waals surface area contributed by atoms with E-state index in [4.69, 9.17) is 16.6 Å². The molecule has 0 bridgehead atoms. The van der Waals surface area contributed by atoms with Gasteiger partial charge in [-0.05, 0) is 46.7 Å². The van der Waals surface area contributed by atoms with Gasteiger partial charge in [0.15, 0.2) is 11.0 Å². The lowest BCUT2D eigenvalue weighted by atomic mass is 10.1. The van der Waals surface area contributed by atoms with E-state index in [0.29, 0.717) is 16.5 Å². The first kappa shape index (κ1) is 14.7. The first-order chi connectivity index (χ1) is 10.1. The van der Waals surface area contributed by atoms with Crippen LogP contribution in [0.15, 0.2) is 36.5 Å². The van der Waals surface area contributed by atoms with Gasteiger partial charge in [0.05, 0.1) is 5.69 Å². The maximum atomic E-state index is 6.22. The molecule has 0 saturated heterocycles. The summed E-state index contributed by atoms with van der Waals surface area (Å²) in [6.07, 6.45) is 1.70. The second-order valence-corrected chi connectivity index (χ2v) is 6.70. The molecule has 0 amide bonds. The molecule has 3 rings (SSSR count). The van der Waals surface area contributed by atoms with Crippen LogP contribution in [0.5, 0.6) is 0 Å². The molecule has 0 aliphatic carbocycles. The Bertz CT molecular complexity index is 818. The molecule has 3 nitrogen and oxygen atoms in total. The van der Waals surface area contributed by atoms with Crippen molar-refractivity contribution in [2.75, 3.05) is 0 Å². The van der Waals surface area contributed by atoms with Crippen LogP contribution >= 0.6 is 34.2 Å². The Morgan fingerprint density at radius 2 is 1.95 bits per heavy atom. The zero-order valence-electron chi connectivity index (χ0n) is 11.6. The van der Waals surface area contributed by atoms with E-state index in [1.54, 1.807) is 6.20 Å². The van der Waals surface area contributed by atoms with Crippen LogP contribution in [-0.4, -0.2) is 15.0 Å². The lowest BCUT2D eigenvalue weighted by molar-refractivity contribution is 0.830. The molecule has 0 atom stereocenters. The number of nitrogens with zero attached hydrogens (tertiary/aromatic N) is 3. The molecular formula is C16H13ClIN3. The number of pyridine rings is 1. The van der Waals surface area contributed by atoms with Crippen LogP contribution in [-0.2, 0) is 0 Å². The van der Waals surface area contributed by atoms with Crippen LogP contribution < -0.4 is 0 Å². The predicted octanol–water partition coefficient (Wildman–Crippen LogP) is 5.07. The Kier molecular flexibility index (Phi) is 4.08. The van der Waals surface area contributed by atoms with Crippen LogP contribution in [0.2, 0.25) is 5.15 Å². The maximum absolute atomic E-state index is 6.22. The highest BCUT2D eigenvalue weighted by atomic mass is 127. The molecule has 0 spiro atoms. The van der Waals surface area contributed by atoms with Crippen molar-refractivity contribution in [1.29, 1.82) is 0 Å². The van der Waals surface area contributed by atoms with Crippen molar-refractivity contribution in [2.45, 2.75) is 19.8 Å². The zero-order valence-corrected chi connectivity index (χ0v) is 14.6. The molecule has 2 aromatic heterocycles. The van der Waals surface area contributed by atoms with E-state index in [1.807, 2.05) is 24.3 Å². The van der Waals surface area contributed by atoms with E-state index < -0.39 is 0 Å². The average molecular weight is 410 g/mol. The summed E-state index contributed by atoms with van der Waals surface area (Å²) in [6, 6.07) is 10.1. The maximum Gasteiger partial charge on any atom is 0.160 e. The summed E-state index contributed by atoms with van der Waals surface area (Å²) in [5.74, 6) is 0.982. The summed E-state index contributed by atoms with van der Waals surface area (Å²) in [7, 11) is 0. The van der Waals surface area contributed by atoms with Crippen LogP contribution in [0.1, 0.15) is 25.5 Å². The molecule has 0 saturated carbocycles. The summed E-state index contributed by atoms with van der Waals surface area (Å²) < 4.78 is 1.15. The molecule has 0 fully saturated rings. The summed E-state index contributed by atoms with van der Waals surface area (Å²) in [6.45, 7) is 4.24. The van der Waals surface area contributed by atoms with Crippen molar-refractivity contribution < 1.29 is 0 Å². The first-order valence-electron chi connectivity index (χ1n) is 6.64. The van der Waals surface area contributed by atoms with Crippen molar-refractivity contribution in [1.82, 2.24) is 15.0 Å². The molecule has 2 heterocycles. The van der Waals surface area contributed by atoms with E-state index in [0.717, 1.165) is 20.2 Å². The number of aromatic nitrogens is 3. The van der Waals surface area contributed by atoms with Gasteiger partial charge in [-0.3, -0.25) is 0 Å². The van der Waals surface area contributed by atoms with Crippen molar-refractivity contribution in [3.05, 3.63) is 50.9 Å². The number of halogens is 2. The van der Waals surface area contributed by atoms with Gasteiger partial charge >= 0.3 is 0 Å². The van der Waals surface area contributed by atoms with Crippen molar-refractivity contribution >= 4 is 45.1 Å². The fourth-order valence-corrected chi connectivity index (χ4v) is 2.99. The van der Waals surface area contributed by atoms with E-state index in [9.17, 15) is 0 Å². The zero-order chi connectivity index (χ0) is 15.0. The van der Waals surface area contributed by atoms with E-state index in [2.05, 4.69) is 52.5 Å². The van der Waals surface area contributed by atoms with Gasteiger partial charge in [0.2, 0.25) is 0 Å². The van der Waals surface area contributed by atoms with Crippen LogP contribution in [0.4, 0.5) is 0 Å². The standard InChI is InChI=1S/C16H13ClIN3/c1-9(2)13-12-6-7-19-15(17)14(12)21-16(20-13)10-4-3-5-11(18)8-10/h3-9H,1-2H3. The van der Waals surface area contributed by atoms with Gasteiger partial charge in [0.25, 0.3) is 0 Å². The van der Waals surface area contributed by atoms with Gasteiger partial charge in [0, 0.05) is 20.7 Å². The van der Waals surface area contributed by atoms with Crippen LogP contribution in [0.3, 0.4) is 0 Å². The third-order valence-electron chi connectivity index (χ3n) is 3.23. The summed E-state index contributed by atoms with van der Waals surface area (Å²) in [5.41, 5.74) is 2.70. The highest BCUT2D eigenvalue weighted by molar-refractivity contribution is 14.1. The minimum Gasteiger partial charge on any atom is -0.242 e. The van der Waals surface area contributed by atoms with Crippen molar-refractivity contribution in [3.8, 4) is 11.4 Å². The molecule has 21 heavy (non-hydrogen) atoms. The molecule has 5 heteroatoms. The SMILES string of the molecule is CC(C)c1nc(-c2cccc(I)c2)nc2c(Cl)nccc12. The molecule has 0 aliphatic rings. The molecular weight excluding hydrogens is 397 g/mol. The molecule has 0 N–H and O–H groups in total. The summed E-state index contributed by atoms with van der Waals surface area (Å²) in [5, 5.41) is 1.39. The number of rotatable bonds is 2. The van der Waals surface area contributed by atoms with Crippen LogP contribution in [0, 0.1) is 3.57 Å². The van der Waals surface area contributed by atoms with E-state index in [1.165, 1.54) is 0 Å². The molecule has 3 aromatic rings. The average Bonchev–Trinajstić information content (AvgIpc) is 2.46. The van der Waals surface area contributed by atoms with Gasteiger partial charge in [-0.25, -0.2) is 15.0 Å². The third kappa shape index (κ3) is 2.87. The minimum absolute atomic E-state index is 0.288. The number of fused-ring (bicyclic) bond motifs is 1. The Labute approximate surface area is 141 Å². The number of hydrogen-bond donors (Lipinski definition) is 0. The second kappa shape index (κ2) is 5.85. The summed E-state index contributed by atoms with van der Waals surface area (Å²) >= 11 is 8.51.